The average molecular weight is 350 g/mol. The maximum atomic E-state index is 4.05. The number of hydrogen-bond donors (Lipinski definition) is 1. The first-order valence-corrected chi connectivity index (χ1v) is 9.17. The van der Waals surface area contributed by atoms with E-state index in [0.717, 1.165) is 16.8 Å². The first kappa shape index (κ1) is 15.6. The van der Waals surface area contributed by atoms with Gasteiger partial charge in [0.25, 0.3) is 0 Å². The molecule has 1 aromatic carbocycles. The third-order valence-corrected chi connectivity index (χ3v) is 6.85. The molecule has 1 nitrogen and oxygen atoms in total. The van der Waals surface area contributed by atoms with Crippen LogP contribution in [-0.4, -0.2) is 6.04 Å². The fourth-order valence-corrected chi connectivity index (χ4v) is 5.33. The molecule has 0 amide bonds. The van der Waals surface area contributed by atoms with Gasteiger partial charge in [-0.1, -0.05) is 55.8 Å². The van der Waals surface area contributed by atoms with Gasteiger partial charge < -0.3 is 5.32 Å². The van der Waals surface area contributed by atoms with E-state index in [1.807, 2.05) is 0 Å². The summed E-state index contributed by atoms with van der Waals surface area (Å²) in [6.07, 6.45) is 5.38. The largest absolute Gasteiger partial charge is 0.306 e. The average Bonchev–Trinajstić information content (AvgIpc) is 2.91. The normalized spacial score (nSPS) is 35.1. The third-order valence-electron chi connectivity index (χ3n) is 6.32. The van der Waals surface area contributed by atoms with Crippen molar-refractivity contribution in [3.63, 3.8) is 0 Å². The second-order valence-electron chi connectivity index (χ2n) is 8.03. The topological polar surface area (TPSA) is 12.0 Å². The number of nitrogens with one attached hydrogen (secondary N) is 1. The molecule has 2 fully saturated rings. The maximum absolute atomic E-state index is 4.05. The van der Waals surface area contributed by atoms with E-state index in [2.05, 4.69) is 73.2 Å². The summed E-state index contributed by atoms with van der Waals surface area (Å²) in [5, 5.41) is 4.05. The van der Waals surface area contributed by atoms with Gasteiger partial charge in [-0.05, 0) is 60.1 Å². The molecular formula is C19H28BrN. The smallest absolute Gasteiger partial charge is 0.0320 e. The Morgan fingerprint density at radius 2 is 1.90 bits per heavy atom. The summed E-state index contributed by atoms with van der Waals surface area (Å²) in [5.74, 6) is 0.905. The van der Waals surface area contributed by atoms with E-state index in [1.165, 1.54) is 24.8 Å². The zero-order valence-electron chi connectivity index (χ0n) is 13.7. The van der Waals surface area contributed by atoms with Crippen LogP contribution in [0.2, 0.25) is 0 Å². The van der Waals surface area contributed by atoms with Gasteiger partial charge in [0.15, 0.2) is 0 Å². The minimum Gasteiger partial charge on any atom is -0.306 e. The van der Waals surface area contributed by atoms with Crippen molar-refractivity contribution in [2.45, 2.75) is 65.5 Å². The number of benzene rings is 1. The van der Waals surface area contributed by atoms with Crippen molar-refractivity contribution < 1.29 is 0 Å². The van der Waals surface area contributed by atoms with Gasteiger partial charge in [-0.3, -0.25) is 0 Å². The predicted molar refractivity (Wildman–Crippen MR) is 93.3 cm³/mol. The van der Waals surface area contributed by atoms with Crippen LogP contribution in [0.3, 0.4) is 0 Å². The Labute approximate surface area is 138 Å². The molecule has 2 heteroatoms. The predicted octanol–water partition coefficient (Wildman–Crippen LogP) is 5.70. The molecule has 0 saturated heterocycles. The summed E-state index contributed by atoms with van der Waals surface area (Å²) in [6.45, 7) is 9.76. The number of fused-ring (bicyclic) bond motifs is 2. The summed E-state index contributed by atoms with van der Waals surface area (Å²) in [7, 11) is 0. The van der Waals surface area contributed by atoms with E-state index in [-0.39, 0.29) is 0 Å². The number of rotatable bonds is 4. The fourth-order valence-electron chi connectivity index (χ4n) is 5.06. The summed E-state index contributed by atoms with van der Waals surface area (Å²) in [6, 6.07) is 9.94. The second kappa shape index (κ2) is 5.38. The third kappa shape index (κ3) is 2.59. The molecule has 1 aromatic rings. The Bertz CT molecular complexity index is 502. The highest BCUT2D eigenvalue weighted by atomic mass is 79.9. The van der Waals surface area contributed by atoms with Crippen molar-refractivity contribution >= 4 is 15.9 Å². The summed E-state index contributed by atoms with van der Waals surface area (Å²) < 4.78 is 1.16. The zero-order chi connectivity index (χ0) is 15.3. The Hall–Kier alpha value is -0.340. The van der Waals surface area contributed by atoms with Crippen LogP contribution in [0.25, 0.3) is 0 Å². The molecule has 0 heterocycles. The lowest BCUT2D eigenvalue weighted by Gasteiger charge is -2.45. The minimum absolute atomic E-state index is 0.426. The Morgan fingerprint density at radius 1 is 1.24 bits per heavy atom. The molecule has 116 valence electrons. The lowest BCUT2D eigenvalue weighted by molar-refractivity contribution is 0.0976. The highest BCUT2D eigenvalue weighted by Crippen LogP contribution is 2.62. The quantitative estimate of drug-likeness (QED) is 0.734. The molecule has 2 saturated carbocycles. The van der Waals surface area contributed by atoms with E-state index >= 15 is 0 Å². The summed E-state index contributed by atoms with van der Waals surface area (Å²) >= 11 is 3.54. The summed E-state index contributed by atoms with van der Waals surface area (Å²) in [4.78, 5) is 0. The molecule has 0 aliphatic heterocycles. The lowest BCUT2D eigenvalue weighted by atomic mass is 9.68. The Balaban J connectivity index is 1.82. The van der Waals surface area contributed by atoms with Crippen LogP contribution in [0, 0.1) is 16.7 Å². The number of hydrogen-bond acceptors (Lipinski definition) is 1. The van der Waals surface area contributed by atoms with Crippen LogP contribution in [0.1, 0.15) is 65.0 Å². The van der Waals surface area contributed by atoms with E-state index in [1.54, 1.807) is 0 Å². The van der Waals surface area contributed by atoms with E-state index in [9.17, 15) is 0 Å². The molecule has 4 atom stereocenters. The molecule has 2 aliphatic carbocycles. The van der Waals surface area contributed by atoms with Crippen molar-refractivity contribution in [3.8, 4) is 0 Å². The monoisotopic (exact) mass is 349 g/mol. The van der Waals surface area contributed by atoms with Crippen LogP contribution in [0.4, 0.5) is 0 Å². The molecule has 21 heavy (non-hydrogen) atoms. The molecular weight excluding hydrogens is 322 g/mol. The zero-order valence-corrected chi connectivity index (χ0v) is 15.3. The Morgan fingerprint density at radius 3 is 2.43 bits per heavy atom. The van der Waals surface area contributed by atoms with E-state index < -0.39 is 0 Å². The van der Waals surface area contributed by atoms with Gasteiger partial charge in [-0.25, -0.2) is 0 Å². The van der Waals surface area contributed by atoms with Gasteiger partial charge in [0.2, 0.25) is 0 Å². The van der Waals surface area contributed by atoms with Gasteiger partial charge >= 0.3 is 0 Å². The number of halogens is 1. The van der Waals surface area contributed by atoms with Crippen LogP contribution in [0.5, 0.6) is 0 Å². The molecule has 0 radical (unpaired) electrons. The molecule has 1 N–H and O–H groups in total. The van der Waals surface area contributed by atoms with Crippen molar-refractivity contribution in [1.29, 1.82) is 0 Å². The highest BCUT2D eigenvalue weighted by molar-refractivity contribution is 9.10. The fraction of sp³-hybridized carbons (Fsp3) is 0.684. The summed E-state index contributed by atoms with van der Waals surface area (Å²) in [5.41, 5.74) is 2.34. The molecule has 2 bridgehead atoms. The maximum Gasteiger partial charge on any atom is 0.0320 e. The van der Waals surface area contributed by atoms with E-state index in [4.69, 9.17) is 0 Å². The minimum atomic E-state index is 0.426. The first-order chi connectivity index (χ1) is 9.87. The molecule has 3 rings (SSSR count). The molecule has 2 aliphatic rings. The van der Waals surface area contributed by atoms with Crippen molar-refractivity contribution in [2.24, 2.45) is 16.7 Å². The van der Waals surface area contributed by atoms with Crippen molar-refractivity contribution in [2.75, 3.05) is 0 Å². The van der Waals surface area contributed by atoms with Crippen LogP contribution < -0.4 is 5.32 Å². The van der Waals surface area contributed by atoms with Gasteiger partial charge in [0, 0.05) is 16.6 Å². The molecule has 0 spiro atoms. The second-order valence-corrected chi connectivity index (χ2v) is 8.94. The van der Waals surface area contributed by atoms with Crippen molar-refractivity contribution in [1.82, 2.24) is 5.32 Å². The van der Waals surface area contributed by atoms with Gasteiger partial charge in [-0.2, -0.15) is 0 Å². The Kier molecular flexibility index (Phi) is 3.99. The first-order valence-electron chi connectivity index (χ1n) is 8.38. The highest BCUT2D eigenvalue weighted by Gasteiger charge is 2.59. The van der Waals surface area contributed by atoms with Crippen molar-refractivity contribution in [3.05, 3.63) is 34.3 Å². The lowest BCUT2D eigenvalue weighted by Crippen LogP contribution is -2.51. The SMILES string of the molecule is CCC(NC1C(C)(C)[C@H]2CC[C@]1(C)C2)c1ccc(Br)cc1. The van der Waals surface area contributed by atoms with Gasteiger partial charge in [0.1, 0.15) is 0 Å². The van der Waals surface area contributed by atoms with Gasteiger partial charge in [-0.15, -0.1) is 0 Å². The van der Waals surface area contributed by atoms with Crippen LogP contribution in [0.15, 0.2) is 28.7 Å². The van der Waals surface area contributed by atoms with Gasteiger partial charge in [0.05, 0.1) is 0 Å². The van der Waals surface area contributed by atoms with Crippen LogP contribution >= 0.6 is 15.9 Å². The van der Waals surface area contributed by atoms with Crippen LogP contribution in [-0.2, 0) is 0 Å². The molecule has 0 aromatic heterocycles. The molecule has 2 unspecified atom stereocenters. The van der Waals surface area contributed by atoms with E-state index in [0.29, 0.717) is 22.9 Å². The standard InChI is InChI=1S/C19H28BrN/c1-5-16(13-6-8-15(20)9-7-13)21-17-18(2,3)14-10-11-19(17,4)12-14/h6-9,14,16-17,21H,5,10-12H2,1-4H3/t14-,16?,17?,19+/m0/s1.